The summed E-state index contributed by atoms with van der Waals surface area (Å²) in [4.78, 5) is 11.7. The Balaban J connectivity index is 2.05. The molecule has 0 bridgehead atoms. The van der Waals surface area contributed by atoms with Crippen molar-refractivity contribution >= 4 is 40.6 Å². The number of rotatable bonds is 2. The minimum atomic E-state index is -0.438. The molecule has 0 atom stereocenters. The molecule has 1 aromatic heterocycles. The van der Waals surface area contributed by atoms with Gasteiger partial charge >= 0.3 is 6.03 Å². The van der Waals surface area contributed by atoms with Gasteiger partial charge in [0.25, 0.3) is 0 Å². The molecule has 18 heavy (non-hydrogen) atoms. The molecule has 1 aromatic carbocycles. The molecule has 0 spiro atoms. The Morgan fingerprint density at radius 1 is 1.06 bits per heavy atom. The van der Waals surface area contributed by atoms with Crippen LogP contribution in [-0.4, -0.2) is 16.2 Å². The van der Waals surface area contributed by atoms with E-state index < -0.39 is 6.03 Å². The fraction of sp³-hybridized carbons (Fsp3) is 0. The first-order valence-corrected chi connectivity index (χ1v) is 5.72. The summed E-state index contributed by atoms with van der Waals surface area (Å²) in [5.41, 5.74) is 0.962. The van der Waals surface area contributed by atoms with Gasteiger partial charge in [-0.3, -0.25) is 0 Å². The van der Waals surface area contributed by atoms with Crippen LogP contribution in [0, 0.1) is 0 Å². The minimum absolute atomic E-state index is 0.0719. The van der Waals surface area contributed by atoms with E-state index in [0.29, 0.717) is 11.4 Å². The Labute approximate surface area is 113 Å². The van der Waals surface area contributed by atoms with Crippen LogP contribution in [0.25, 0.3) is 0 Å². The van der Waals surface area contributed by atoms with Gasteiger partial charge in [-0.05, 0) is 12.1 Å². The molecule has 0 radical (unpaired) electrons. The number of benzene rings is 1. The van der Waals surface area contributed by atoms with E-state index in [-0.39, 0.29) is 10.3 Å². The maximum atomic E-state index is 11.7. The number of hydrogen-bond acceptors (Lipinski definition) is 3. The van der Waals surface area contributed by atoms with Crippen molar-refractivity contribution < 1.29 is 4.79 Å². The fourth-order valence-electron chi connectivity index (χ4n) is 1.25. The predicted octanol–water partition coefficient (Wildman–Crippen LogP) is 3.43. The Kier molecular flexibility index (Phi) is 3.96. The molecule has 0 aliphatic carbocycles. The monoisotopic (exact) mass is 282 g/mol. The minimum Gasteiger partial charge on any atom is -0.308 e. The molecule has 0 aliphatic rings. The van der Waals surface area contributed by atoms with Gasteiger partial charge in [0.1, 0.15) is 0 Å². The zero-order chi connectivity index (χ0) is 13.0. The molecule has 92 valence electrons. The molecule has 0 unspecified atom stereocenters. The van der Waals surface area contributed by atoms with Crippen molar-refractivity contribution in [2.75, 3.05) is 10.6 Å². The highest BCUT2D eigenvalue weighted by Gasteiger charge is 2.08. The van der Waals surface area contributed by atoms with E-state index in [1.165, 1.54) is 6.07 Å². The van der Waals surface area contributed by atoms with Crippen LogP contribution in [0.1, 0.15) is 0 Å². The highest BCUT2D eigenvalue weighted by molar-refractivity contribution is 6.34. The number of nitrogens with zero attached hydrogens (tertiary/aromatic N) is 2. The number of urea groups is 1. The number of nitrogens with one attached hydrogen (secondary N) is 2. The summed E-state index contributed by atoms with van der Waals surface area (Å²) in [6.07, 6.45) is 0. The van der Waals surface area contributed by atoms with Gasteiger partial charge in [0.2, 0.25) is 0 Å². The normalized spacial score (nSPS) is 9.89. The number of hydrogen-bond donors (Lipinski definition) is 2. The summed E-state index contributed by atoms with van der Waals surface area (Å²) in [6.45, 7) is 0. The molecule has 1 heterocycles. The summed E-state index contributed by atoms with van der Waals surface area (Å²) in [5, 5.41) is 12.5. The highest BCUT2D eigenvalue weighted by Crippen LogP contribution is 2.20. The van der Waals surface area contributed by atoms with E-state index in [0.717, 1.165) is 0 Å². The highest BCUT2D eigenvalue weighted by atomic mass is 35.5. The van der Waals surface area contributed by atoms with Crippen molar-refractivity contribution in [1.82, 2.24) is 10.2 Å². The zero-order valence-corrected chi connectivity index (χ0v) is 10.5. The number of amides is 2. The Morgan fingerprint density at radius 3 is 2.50 bits per heavy atom. The quantitative estimate of drug-likeness (QED) is 0.887. The van der Waals surface area contributed by atoms with Crippen LogP contribution in [0.4, 0.5) is 16.2 Å². The second-order valence-electron chi connectivity index (χ2n) is 3.32. The Bertz CT molecular complexity index is 562. The number of para-hydroxylation sites is 1. The topological polar surface area (TPSA) is 66.9 Å². The van der Waals surface area contributed by atoms with Crippen LogP contribution in [0.5, 0.6) is 0 Å². The van der Waals surface area contributed by atoms with E-state index >= 15 is 0 Å². The molecule has 0 fully saturated rings. The van der Waals surface area contributed by atoms with Crippen LogP contribution in [0.2, 0.25) is 10.3 Å². The maximum absolute atomic E-state index is 11.7. The van der Waals surface area contributed by atoms with Gasteiger partial charge in [-0.1, -0.05) is 41.4 Å². The average molecular weight is 283 g/mol. The molecular weight excluding hydrogens is 275 g/mol. The zero-order valence-electron chi connectivity index (χ0n) is 9.02. The van der Waals surface area contributed by atoms with Gasteiger partial charge in [-0.25, -0.2) is 4.79 Å². The third-order valence-electron chi connectivity index (χ3n) is 2.00. The van der Waals surface area contributed by atoms with Crippen LogP contribution >= 0.6 is 23.2 Å². The summed E-state index contributed by atoms with van der Waals surface area (Å²) < 4.78 is 0. The average Bonchev–Trinajstić information content (AvgIpc) is 2.35. The number of anilines is 2. The largest absolute Gasteiger partial charge is 0.323 e. The molecule has 0 aliphatic heterocycles. The van der Waals surface area contributed by atoms with Crippen molar-refractivity contribution in [2.24, 2.45) is 0 Å². The van der Waals surface area contributed by atoms with Crippen LogP contribution in [0.15, 0.2) is 36.4 Å². The standard InChI is InChI=1S/C11H8Cl2N4O/c12-9-6-8(10(13)17-16-9)15-11(18)14-7-4-2-1-3-5-7/h1-6H,(H2,14,15,16,18). The van der Waals surface area contributed by atoms with E-state index in [2.05, 4.69) is 20.8 Å². The van der Waals surface area contributed by atoms with Gasteiger partial charge in [0.15, 0.2) is 10.3 Å². The molecule has 0 saturated heterocycles. The van der Waals surface area contributed by atoms with E-state index in [1.807, 2.05) is 18.2 Å². The number of aromatic nitrogens is 2. The first-order chi connectivity index (χ1) is 8.65. The van der Waals surface area contributed by atoms with E-state index in [1.54, 1.807) is 12.1 Å². The molecule has 0 saturated carbocycles. The molecule has 2 rings (SSSR count). The molecule has 2 N–H and O–H groups in total. The van der Waals surface area contributed by atoms with Gasteiger partial charge in [0.05, 0.1) is 5.69 Å². The molecule has 2 aromatic rings. The fourth-order valence-corrected chi connectivity index (χ4v) is 1.53. The lowest BCUT2D eigenvalue weighted by Crippen LogP contribution is -2.19. The lowest BCUT2D eigenvalue weighted by molar-refractivity contribution is 0.262. The lowest BCUT2D eigenvalue weighted by atomic mass is 10.3. The second kappa shape index (κ2) is 5.66. The van der Waals surface area contributed by atoms with Crippen molar-refractivity contribution in [2.45, 2.75) is 0 Å². The summed E-state index contributed by atoms with van der Waals surface area (Å²) in [7, 11) is 0. The first kappa shape index (κ1) is 12.6. The van der Waals surface area contributed by atoms with E-state index in [9.17, 15) is 4.79 Å². The van der Waals surface area contributed by atoms with Gasteiger partial charge in [0, 0.05) is 11.8 Å². The lowest BCUT2D eigenvalue weighted by Gasteiger charge is -2.08. The summed E-state index contributed by atoms with van der Waals surface area (Å²) in [5.74, 6) is 0. The van der Waals surface area contributed by atoms with E-state index in [4.69, 9.17) is 23.2 Å². The van der Waals surface area contributed by atoms with Gasteiger partial charge in [-0.15, -0.1) is 10.2 Å². The summed E-state index contributed by atoms with van der Waals surface area (Å²) in [6, 6.07) is 9.99. The van der Waals surface area contributed by atoms with Crippen molar-refractivity contribution in [3.05, 3.63) is 46.7 Å². The van der Waals surface area contributed by atoms with Crippen LogP contribution in [-0.2, 0) is 0 Å². The van der Waals surface area contributed by atoms with Crippen molar-refractivity contribution in [1.29, 1.82) is 0 Å². The van der Waals surface area contributed by atoms with Gasteiger partial charge in [-0.2, -0.15) is 0 Å². The molecular formula is C11H8Cl2N4O. The first-order valence-electron chi connectivity index (χ1n) is 4.97. The second-order valence-corrected chi connectivity index (χ2v) is 4.06. The number of carbonyl (C=O) groups is 1. The predicted molar refractivity (Wildman–Crippen MR) is 71.1 cm³/mol. The Morgan fingerprint density at radius 2 is 1.78 bits per heavy atom. The molecule has 7 heteroatoms. The molecule has 5 nitrogen and oxygen atoms in total. The van der Waals surface area contributed by atoms with Crippen molar-refractivity contribution in [3.63, 3.8) is 0 Å². The third kappa shape index (κ3) is 3.32. The summed E-state index contributed by atoms with van der Waals surface area (Å²) >= 11 is 11.4. The smallest absolute Gasteiger partial charge is 0.308 e. The SMILES string of the molecule is O=C(Nc1ccccc1)Nc1cc(Cl)nnc1Cl. The number of carbonyl (C=O) groups excluding carboxylic acids is 1. The molecule has 2 amide bonds. The van der Waals surface area contributed by atoms with Crippen LogP contribution < -0.4 is 10.6 Å². The third-order valence-corrected chi connectivity index (χ3v) is 2.46. The number of halogens is 2. The van der Waals surface area contributed by atoms with Crippen LogP contribution in [0.3, 0.4) is 0 Å². The Hall–Kier alpha value is -1.85. The maximum Gasteiger partial charge on any atom is 0.323 e. The van der Waals surface area contributed by atoms with Gasteiger partial charge < -0.3 is 10.6 Å². The van der Waals surface area contributed by atoms with Crippen molar-refractivity contribution in [3.8, 4) is 0 Å².